The number of hydrogen-bond donors (Lipinski definition) is 2. The lowest BCUT2D eigenvalue weighted by Crippen LogP contribution is -2.36. The van der Waals surface area contributed by atoms with E-state index in [4.69, 9.17) is 14.9 Å². The summed E-state index contributed by atoms with van der Waals surface area (Å²) < 4.78 is 17.9. The Morgan fingerprint density at radius 1 is 1.16 bits per heavy atom. The molecule has 0 aromatic heterocycles. The Kier molecular flexibility index (Phi) is 6.84. The minimum atomic E-state index is -0.347. The van der Waals surface area contributed by atoms with Crippen LogP contribution in [-0.2, 0) is 4.79 Å². The first-order valence-electron chi connectivity index (χ1n) is 6.05. The number of rotatable bonds is 8. The molecular formula is C13H18FNO4. The van der Waals surface area contributed by atoms with Crippen LogP contribution in [0.3, 0.4) is 0 Å². The van der Waals surface area contributed by atoms with E-state index in [1.165, 1.54) is 29.2 Å². The van der Waals surface area contributed by atoms with Crippen LogP contribution in [0.5, 0.6) is 5.75 Å². The van der Waals surface area contributed by atoms with Crippen molar-refractivity contribution in [2.24, 2.45) is 0 Å². The highest BCUT2D eigenvalue weighted by Crippen LogP contribution is 2.11. The van der Waals surface area contributed by atoms with E-state index in [0.717, 1.165) is 0 Å². The Morgan fingerprint density at radius 3 is 2.26 bits per heavy atom. The Balaban J connectivity index is 2.34. The lowest BCUT2D eigenvalue weighted by Gasteiger charge is -2.20. The van der Waals surface area contributed by atoms with Gasteiger partial charge in [0.05, 0.1) is 26.2 Å². The van der Waals surface area contributed by atoms with Gasteiger partial charge in [0.1, 0.15) is 11.6 Å². The maximum absolute atomic E-state index is 12.6. The van der Waals surface area contributed by atoms with Gasteiger partial charge in [-0.1, -0.05) is 0 Å². The summed E-state index contributed by atoms with van der Waals surface area (Å²) >= 11 is 0. The van der Waals surface area contributed by atoms with E-state index < -0.39 is 0 Å². The van der Waals surface area contributed by atoms with Gasteiger partial charge in [0.15, 0.2) is 0 Å². The van der Waals surface area contributed by atoms with Crippen LogP contribution in [0.2, 0.25) is 0 Å². The number of carbonyl (C=O) groups excluding carboxylic acids is 1. The largest absolute Gasteiger partial charge is 0.493 e. The summed E-state index contributed by atoms with van der Waals surface area (Å²) in [7, 11) is 0. The van der Waals surface area contributed by atoms with E-state index in [9.17, 15) is 9.18 Å². The second-order valence-corrected chi connectivity index (χ2v) is 3.88. The number of benzene rings is 1. The molecule has 0 unspecified atom stereocenters. The molecular weight excluding hydrogens is 253 g/mol. The Hall–Kier alpha value is -1.66. The highest BCUT2D eigenvalue weighted by molar-refractivity contribution is 5.76. The molecule has 0 saturated carbocycles. The minimum absolute atomic E-state index is 0.136. The Bertz CT molecular complexity index is 377. The van der Waals surface area contributed by atoms with Crippen LogP contribution < -0.4 is 4.74 Å². The van der Waals surface area contributed by atoms with Crippen LogP contribution in [0.25, 0.3) is 0 Å². The molecule has 19 heavy (non-hydrogen) atoms. The molecule has 0 aliphatic heterocycles. The third kappa shape index (κ3) is 5.67. The molecule has 106 valence electrons. The zero-order valence-electron chi connectivity index (χ0n) is 10.6. The fourth-order valence-electron chi connectivity index (χ4n) is 1.55. The smallest absolute Gasteiger partial charge is 0.226 e. The topological polar surface area (TPSA) is 70.0 Å². The van der Waals surface area contributed by atoms with Gasteiger partial charge in [-0.05, 0) is 24.3 Å². The fourth-order valence-corrected chi connectivity index (χ4v) is 1.55. The predicted octanol–water partition coefficient (Wildman–Crippen LogP) is 0.408. The maximum Gasteiger partial charge on any atom is 0.226 e. The second kappa shape index (κ2) is 8.44. The lowest BCUT2D eigenvalue weighted by atomic mass is 10.3. The van der Waals surface area contributed by atoms with E-state index in [0.29, 0.717) is 5.75 Å². The number of nitrogens with zero attached hydrogens (tertiary/aromatic N) is 1. The van der Waals surface area contributed by atoms with Crippen LogP contribution in [0.1, 0.15) is 6.42 Å². The van der Waals surface area contributed by atoms with Crippen molar-refractivity contribution in [1.82, 2.24) is 4.90 Å². The molecule has 0 fully saturated rings. The van der Waals surface area contributed by atoms with Gasteiger partial charge < -0.3 is 19.8 Å². The average molecular weight is 271 g/mol. The van der Waals surface area contributed by atoms with Crippen molar-refractivity contribution in [3.8, 4) is 5.75 Å². The summed E-state index contributed by atoms with van der Waals surface area (Å²) in [6.45, 7) is 0.249. The van der Waals surface area contributed by atoms with Crippen molar-refractivity contribution in [1.29, 1.82) is 0 Å². The molecule has 2 N–H and O–H groups in total. The quantitative estimate of drug-likeness (QED) is 0.718. The molecule has 0 heterocycles. The van der Waals surface area contributed by atoms with Gasteiger partial charge >= 0.3 is 0 Å². The molecule has 0 spiro atoms. The Labute approximate surface area is 111 Å². The first kappa shape index (κ1) is 15.4. The standard InChI is InChI=1S/C13H18FNO4/c14-11-1-3-12(4-2-11)19-10-5-13(18)15(6-8-16)7-9-17/h1-4,16-17H,5-10H2. The van der Waals surface area contributed by atoms with Crippen molar-refractivity contribution < 1.29 is 24.1 Å². The Morgan fingerprint density at radius 2 is 1.74 bits per heavy atom. The summed E-state index contributed by atoms with van der Waals surface area (Å²) in [4.78, 5) is 13.1. The molecule has 0 atom stereocenters. The number of amides is 1. The number of halogens is 1. The lowest BCUT2D eigenvalue weighted by molar-refractivity contribution is -0.132. The predicted molar refractivity (Wildman–Crippen MR) is 67.3 cm³/mol. The van der Waals surface area contributed by atoms with Crippen molar-refractivity contribution in [3.63, 3.8) is 0 Å². The molecule has 0 aliphatic rings. The molecule has 0 bridgehead atoms. The highest BCUT2D eigenvalue weighted by atomic mass is 19.1. The van der Waals surface area contributed by atoms with E-state index in [2.05, 4.69) is 0 Å². The summed E-state index contributed by atoms with van der Waals surface area (Å²) in [5, 5.41) is 17.6. The molecule has 0 aliphatic carbocycles. The summed E-state index contributed by atoms with van der Waals surface area (Å²) in [5.41, 5.74) is 0. The molecule has 1 aromatic rings. The fraction of sp³-hybridized carbons (Fsp3) is 0.462. The van der Waals surface area contributed by atoms with E-state index >= 15 is 0 Å². The summed E-state index contributed by atoms with van der Waals surface area (Å²) in [6.07, 6.45) is 0.136. The van der Waals surface area contributed by atoms with Gasteiger partial charge in [0, 0.05) is 13.1 Å². The minimum Gasteiger partial charge on any atom is -0.493 e. The zero-order valence-corrected chi connectivity index (χ0v) is 10.6. The number of hydrogen-bond acceptors (Lipinski definition) is 4. The monoisotopic (exact) mass is 271 g/mol. The van der Waals surface area contributed by atoms with Crippen molar-refractivity contribution in [3.05, 3.63) is 30.1 Å². The second-order valence-electron chi connectivity index (χ2n) is 3.88. The highest BCUT2D eigenvalue weighted by Gasteiger charge is 2.12. The van der Waals surface area contributed by atoms with Gasteiger partial charge in [0.25, 0.3) is 0 Å². The van der Waals surface area contributed by atoms with Crippen LogP contribution in [0, 0.1) is 5.82 Å². The first-order chi connectivity index (χ1) is 9.17. The van der Waals surface area contributed by atoms with Gasteiger partial charge in [-0.25, -0.2) is 4.39 Å². The average Bonchev–Trinajstić information content (AvgIpc) is 2.40. The van der Waals surface area contributed by atoms with Gasteiger partial charge in [0.2, 0.25) is 5.91 Å². The summed E-state index contributed by atoms with van der Waals surface area (Å²) in [5.74, 6) is -0.0595. The van der Waals surface area contributed by atoms with Crippen molar-refractivity contribution in [2.45, 2.75) is 6.42 Å². The summed E-state index contributed by atoms with van der Waals surface area (Å²) in [6, 6.07) is 5.53. The van der Waals surface area contributed by atoms with E-state index in [-0.39, 0.29) is 51.1 Å². The van der Waals surface area contributed by atoms with Crippen molar-refractivity contribution in [2.75, 3.05) is 32.9 Å². The molecule has 1 amide bonds. The molecule has 5 nitrogen and oxygen atoms in total. The van der Waals surface area contributed by atoms with Crippen LogP contribution in [0.4, 0.5) is 4.39 Å². The number of carbonyl (C=O) groups is 1. The van der Waals surface area contributed by atoms with Gasteiger partial charge in [-0.2, -0.15) is 0 Å². The first-order valence-corrected chi connectivity index (χ1v) is 6.05. The third-order valence-corrected chi connectivity index (χ3v) is 2.49. The molecule has 6 heteroatoms. The zero-order chi connectivity index (χ0) is 14.1. The van der Waals surface area contributed by atoms with Crippen LogP contribution >= 0.6 is 0 Å². The molecule has 0 saturated heterocycles. The van der Waals surface area contributed by atoms with Crippen LogP contribution in [-0.4, -0.2) is 53.9 Å². The number of ether oxygens (including phenoxy) is 1. The third-order valence-electron chi connectivity index (χ3n) is 2.49. The maximum atomic E-state index is 12.6. The van der Waals surface area contributed by atoms with Crippen LogP contribution in [0.15, 0.2) is 24.3 Å². The SMILES string of the molecule is O=C(CCOc1ccc(F)cc1)N(CCO)CCO. The number of aliphatic hydroxyl groups is 2. The number of aliphatic hydroxyl groups excluding tert-OH is 2. The molecule has 1 aromatic carbocycles. The van der Waals surface area contributed by atoms with E-state index in [1.54, 1.807) is 0 Å². The van der Waals surface area contributed by atoms with Gasteiger partial charge in [-0.3, -0.25) is 4.79 Å². The normalized spacial score (nSPS) is 10.3. The molecule has 0 radical (unpaired) electrons. The molecule has 1 rings (SSSR count). The van der Waals surface area contributed by atoms with Crippen molar-refractivity contribution >= 4 is 5.91 Å². The van der Waals surface area contributed by atoms with E-state index in [1.807, 2.05) is 0 Å². The van der Waals surface area contributed by atoms with Gasteiger partial charge in [-0.15, -0.1) is 0 Å².